The van der Waals surface area contributed by atoms with E-state index in [1.165, 1.54) is 12.4 Å². The van der Waals surface area contributed by atoms with Crippen LogP contribution in [0.2, 0.25) is 0 Å². The van der Waals surface area contributed by atoms with Crippen LogP contribution in [0.5, 0.6) is 0 Å². The fraction of sp³-hybridized carbons (Fsp3) is 0.583. The van der Waals surface area contributed by atoms with E-state index in [0.717, 1.165) is 0 Å². The van der Waals surface area contributed by atoms with Gasteiger partial charge in [0.15, 0.2) is 0 Å². The van der Waals surface area contributed by atoms with E-state index < -0.39 is 0 Å². The maximum absolute atomic E-state index is 11.7. The number of rotatable bonds is 5. The second-order valence-corrected chi connectivity index (χ2v) is 4.70. The van der Waals surface area contributed by atoms with E-state index in [1.54, 1.807) is 0 Å². The summed E-state index contributed by atoms with van der Waals surface area (Å²) in [4.78, 5) is 19.8. The lowest BCUT2D eigenvalue weighted by molar-refractivity contribution is 0.0948. The third kappa shape index (κ3) is 4.80. The predicted molar refractivity (Wildman–Crippen MR) is 68.0 cm³/mol. The monoisotopic (exact) mass is 236 g/mol. The third-order valence-electron chi connectivity index (χ3n) is 2.00. The van der Waals surface area contributed by atoms with E-state index in [1.807, 2.05) is 27.7 Å². The highest BCUT2D eigenvalue weighted by Crippen LogP contribution is 2.02. The van der Waals surface area contributed by atoms with Crippen molar-refractivity contribution in [1.29, 1.82) is 0 Å². The smallest absolute Gasteiger partial charge is 0.254 e. The van der Waals surface area contributed by atoms with Gasteiger partial charge in [-0.1, -0.05) is 13.8 Å². The first kappa shape index (κ1) is 13.4. The van der Waals surface area contributed by atoms with Gasteiger partial charge in [-0.25, -0.2) is 9.97 Å². The highest BCUT2D eigenvalue weighted by Gasteiger charge is 2.07. The maximum atomic E-state index is 11.7. The zero-order valence-corrected chi connectivity index (χ0v) is 10.8. The third-order valence-corrected chi connectivity index (χ3v) is 2.00. The topological polar surface area (TPSA) is 66.9 Å². The molecule has 2 N–H and O–H groups in total. The lowest BCUT2D eigenvalue weighted by Gasteiger charge is -2.09. The molecule has 0 aromatic carbocycles. The van der Waals surface area contributed by atoms with Crippen LogP contribution in [0.25, 0.3) is 0 Å². The summed E-state index contributed by atoms with van der Waals surface area (Å²) in [6, 6.07) is 0.274. The minimum absolute atomic E-state index is 0.130. The summed E-state index contributed by atoms with van der Waals surface area (Å²) in [7, 11) is 0. The van der Waals surface area contributed by atoms with E-state index in [9.17, 15) is 4.79 Å². The van der Waals surface area contributed by atoms with E-state index >= 15 is 0 Å². The van der Waals surface area contributed by atoms with Gasteiger partial charge in [-0.15, -0.1) is 0 Å². The highest BCUT2D eigenvalue weighted by molar-refractivity contribution is 5.93. The molecule has 0 unspecified atom stereocenters. The average molecular weight is 236 g/mol. The molecule has 1 aromatic rings. The van der Waals surface area contributed by atoms with Gasteiger partial charge in [-0.2, -0.15) is 0 Å². The molecule has 1 aromatic heterocycles. The summed E-state index contributed by atoms with van der Waals surface area (Å²) in [5.41, 5.74) is 0.486. The van der Waals surface area contributed by atoms with Gasteiger partial charge in [-0.05, 0) is 19.8 Å². The van der Waals surface area contributed by atoms with E-state index in [0.29, 0.717) is 24.0 Å². The fourth-order valence-electron chi connectivity index (χ4n) is 1.18. The van der Waals surface area contributed by atoms with Crippen LogP contribution in [-0.2, 0) is 0 Å². The molecule has 0 aliphatic carbocycles. The van der Waals surface area contributed by atoms with Crippen LogP contribution in [0, 0.1) is 5.92 Å². The van der Waals surface area contributed by atoms with Crippen molar-refractivity contribution in [3.8, 4) is 0 Å². The summed E-state index contributed by atoms with van der Waals surface area (Å²) in [5, 5.41) is 5.89. The summed E-state index contributed by atoms with van der Waals surface area (Å²) >= 11 is 0. The molecule has 0 saturated heterocycles. The first-order valence-electron chi connectivity index (χ1n) is 5.85. The molecular formula is C12H20N4O. The van der Waals surface area contributed by atoms with Gasteiger partial charge >= 0.3 is 0 Å². The number of hydrogen-bond donors (Lipinski definition) is 2. The van der Waals surface area contributed by atoms with Crippen LogP contribution in [0.3, 0.4) is 0 Å². The molecule has 1 heterocycles. The number of amides is 1. The van der Waals surface area contributed by atoms with Crippen molar-refractivity contribution in [3.63, 3.8) is 0 Å². The molecule has 0 fully saturated rings. The quantitative estimate of drug-likeness (QED) is 0.816. The van der Waals surface area contributed by atoms with Gasteiger partial charge in [0.05, 0.1) is 5.56 Å². The molecule has 0 aliphatic heterocycles. The maximum Gasteiger partial charge on any atom is 0.254 e. The number of nitrogens with zero attached hydrogens (tertiary/aromatic N) is 2. The molecule has 94 valence electrons. The number of anilines is 1. The number of carbonyl (C=O) groups is 1. The summed E-state index contributed by atoms with van der Waals surface area (Å²) in [5.74, 6) is 0.844. The highest BCUT2D eigenvalue weighted by atomic mass is 16.1. The van der Waals surface area contributed by atoms with Crippen molar-refractivity contribution in [2.75, 3.05) is 11.9 Å². The van der Waals surface area contributed by atoms with E-state index in [-0.39, 0.29) is 11.9 Å². The molecule has 1 rings (SSSR count). The standard InChI is InChI=1S/C12H20N4O/c1-8(2)5-13-11(17)10-6-14-12(15-7-10)16-9(3)4/h6-9H,5H2,1-4H3,(H,13,17)(H,14,15,16). The Morgan fingerprint density at radius 1 is 1.24 bits per heavy atom. The predicted octanol–water partition coefficient (Wildman–Crippen LogP) is 1.68. The normalized spacial score (nSPS) is 10.7. The van der Waals surface area contributed by atoms with Crippen LogP contribution in [-0.4, -0.2) is 28.5 Å². The Labute approximate surface area is 102 Å². The molecule has 0 aliphatic rings. The Morgan fingerprint density at radius 3 is 2.29 bits per heavy atom. The molecule has 0 atom stereocenters. The van der Waals surface area contributed by atoms with Crippen molar-refractivity contribution in [2.24, 2.45) is 5.92 Å². The Hall–Kier alpha value is -1.65. The molecule has 0 saturated carbocycles. The second kappa shape index (κ2) is 6.18. The van der Waals surface area contributed by atoms with Crippen LogP contribution >= 0.6 is 0 Å². The molecule has 0 bridgehead atoms. The van der Waals surface area contributed by atoms with Crippen molar-refractivity contribution >= 4 is 11.9 Å². The molecular weight excluding hydrogens is 216 g/mol. The fourth-order valence-corrected chi connectivity index (χ4v) is 1.18. The molecule has 1 amide bonds. The van der Waals surface area contributed by atoms with E-state index in [2.05, 4.69) is 20.6 Å². The summed E-state index contributed by atoms with van der Waals surface area (Å²) in [6.45, 7) is 8.77. The van der Waals surface area contributed by atoms with Gasteiger partial charge in [-0.3, -0.25) is 4.79 Å². The van der Waals surface area contributed by atoms with Gasteiger partial charge in [0.1, 0.15) is 0 Å². The number of carbonyl (C=O) groups excluding carboxylic acids is 1. The van der Waals surface area contributed by atoms with Crippen molar-refractivity contribution < 1.29 is 4.79 Å². The first-order valence-corrected chi connectivity index (χ1v) is 5.85. The Morgan fingerprint density at radius 2 is 1.82 bits per heavy atom. The lowest BCUT2D eigenvalue weighted by atomic mass is 10.2. The molecule has 5 heteroatoms. The van der Waals surface area contributed by atoms with Crippen molar-refractivity contribution in [1.82, 2.24) is 15.3 Å². The number of aromatic nitrogens is 2. The van der Waals surface area contributed by atoms with Crippen molar-refractivity contribution in [2.45, 2.75) is 33.7 Å². The first-order chi connectivity index (χ1) is 7.99. The SMILES string of the molecule is CC(C)CNC(=O)c1cnc(NC(C)C)nc1. The lowest BCUT2D eigenvalue weighted by Crippen LogP contribution is -2.27. The van der Waals surface area contributed by atoms with Gasteiger partial charge in [0, 0.05) is 25.0 Å². The van der Waals surface area contributed by atoms with Crippen molar-refractivity contribution in [3.05, 3.63) is 18.0 Å². The summed E-state index contributed by atoms with van der Waals surface area (Å²) < 4.78 is 0. The van der Waals surface area contributed by atoms with Crippen LogP contribution < -0.4 is 10.6 Å². The average Bonchev–Trinajstić information content (AvgIpc) is 2.26. The number of hydrogen-bond acceptors (Lipinski definition) is 4. The largest absolute Gasteiger partial charge is 0.352 e. The van der Waals surface area contributed by atoms with E-state index in [4.69, 9.17) is 0 Å². The Balaban J connectivity index is 2.57. The number of nitrogens with one attached hydrogen (secondary N) is 2. The van der Waals surface area contributed by atoms with Crippen LogP contribution in [0.1, 0.15) is 38.1 Å². The molecule has 5 nitrogen and oxygen atoms in total. The van der Waals surface area contributed by atoms with Gasteiger partial charge in [0.25, 0.3) is 5.91 Å². The van der Waals surface area contributed by atoms with Crippen LogP contribution in [0.15, 0.2) is 12.4 Å². The summed E-state index contributed by atoms with van der Waals surface area (Å²) in [6.07, 6.45) is 3.07. The zero-order valence-electron chi connectivity index (χ0n) is 10.8. The molecule has 0 spiro atoms. The van der Waals surface area contributed by atoms with Crippen LogP contribution in [0.4, 0.5) is 5.95 Å². The zero-order chi connectivity index (χ0) is 12.8. The molecule has 17 heavy (non-hydrogen) atoms. The van der Waals surface area contributed by atoms with Gasteiger partial charge < -0.3 is 10.6 Å². The second-order valence-electron chi connectivity index (χ2n) is 4.70. The Kier molecular flexibility index (Phi) is 4.87. The van der Waals surface area contributed by atoms with Gasteiger partial charge in [0.2, 0.25) is 5.95 Å². The minimum atomic E-state index is -0.130. The molecule has 0 radical (unpaired) electrons. The minimum Gasteiger partial charge on any atom is -0.352 e. The Bertz CT molecular complexity index is 359.